The second-order valence-corrected chi connectivity index (χ2v) is 13.8. The van der Waals surface area contributed by atoms with E-state index in [2.05, 4.69) is 52.0 Å². The average Bonchev–Trinajstić information content (AvgIpc) is 2.96. The van der Waals surface area contributed by atoms with E-state index in [1.54, 1.807) is 0 Å². The summed E-state index contributed by atoms with van der Waals surface area (Å²) >= 11 is 0. The monoisotopic (exact) mass is 416 g/mol. The highest BCUT2D eigenvalue weighted by atomic mass is 31.2. The third-order valence-electron chi connectivity index (χ3n) is 8.05. The van der Waals surface area contributed by atoms with Gasteiger partial charge in [0.2, 0.25) is 0 Å². The Morgan fingerprint density at radius 1 is 0.793 bits per heavy atom. The molecular formula is C24H38BO3P. The maximum atomic E-state index is 15.1. The van der Waals surface area contributed by atoms with Crippen LogP contribution in [0.15, 0.2) is 24.3 Å². The molecule has 1 aromatic rings. The van der Waals surface area contributed by atoms with Crippen molar-refractivity contribution in [2.24, 2.45) is 0 Å². The molecule has 0 radical (unpaired) electrons. The fraction of sp³-hybridized carbons (Fsp3) is 0.750. The molecule has 2 saturated carbocycles. The summed E-state index contributed by atoms with van der Waals surface area (Å²) in [6, 6.07) is 8.37. The van der Waals surface area contributed by atoms with Crippen LogP contribution in [0.3, 0.4) is 0 Å². The Labute approximate surface area is 177 Å². The van der Waals surface area contributed by atoms with Crippen LogP contribution in [0.4, 0.5) is 0 Å². The summed E-state index contributed by atoms with van der Waals surface area (Å²) in [7, 11) is -2.99. The highest BCUT2D eigenvalue weighted by molar-refractivity contribution is 7.73. The van der Waals surface area contributed by atoms with Crippen molar-refractivity contribution >= 4 is 25.0 Å². The first kappa shape index (κ1) is 21.7. The van der Waals surface area contributed by atoms with Gasteiger partial charge in [-0.1, -0.05) is 62.8 Å². The van der Waals surface area contributed by atoms with Crippen molar-refractivity contribution in [2.75, 3.05) is 0 Å². The van der Waals surface area contributed by atoms with E-state index < -0.39 is 14.3 Å². The van der Waals surface area contributed by atoms with Crippen LogP contribution < -0.4 is 10.8 Å². The molecular weight excluding hydrogens is 378 g/mol. The van der Waals surface area contributed by atoms with Crippen LogP contribution >= 0.6 is 7.14 Å². The molecule has 0 amide bonds. The van der Waals surface area contributed by atoms with Crippen LogP contribution in [-0.2, 0) is 13.9 Å². The zero-order valence-corrected chi connectivity index (χ0v) is 19.7. The standard InChI is InChI=1S/C24H38BO3P/c1-23(2)24(3,4)28-25(27-23)21-17-11-12-18-22(21)29(26,19-13-7-5-8-14-19)20-15-9-6-10-16-20/h11-12,17-20H,5-10,13-16H2,1-4H3. The summed E-state index contributed by atoms with van der Waals surface area (Å²) in [6.07, 6.45) is 11.9. The van der Waals surface area contributed by atoms with Gasteiger partial charge in [0, 0.05) is 16.6 Å². The topological polar surface area (TPSA) is 35.5 Å². The molecule has 2 aliphatic carbocycles. The summed E-state index contributed by atoms with van der Waals surface area (Å²) in [4.78, 5) is 0. The largest absolute Gasteiger partial charge is 0.495 e. The second-order valence-electron chi connectivity index (χ2n) is 10.4. The molecule has 1 aromatic carbocycles. The number of hydrogen-bond acceptors (Lipinski definition) is 3. The lowest BCUT2D eigenvalue weighted by atomic mass is 9.79. The van der Waals surface area contributed by atoms with Crippen LogP contribution in [0, 0.1) is 0 Å². The van der Waals surface area contributed by atoms with E-state index in [0.29, 0.717) is 11.3 Å². The van der Waals surface area contributed by atoms with Gasteiger partial charge in [-0.3, -0.25) is 0 Å². The van der Waals surface area contributed by atoms with Crippen molar-refractivity contribution in [2.45, 2.75) is 114 Å². The first-order chi connectivity index (χ1) is 13.8. The van der Waals surface area contributed by atoms with Gasteiger partial charge in [-0.25, -0.2) is 0 Å². The van der Waals surface area contributed by atoms with E-state index in [0.717, 1.165) is 36.5 Å². The fourth-order valence-electron chi connectivity index (χ4n) is 5.60. The van der Waals surface area contributed by atoms with Gasteiger partial charge >= 0.3 is 7.12 Å². The molecule has 1 heterocycles. The molecule has 160 valence electrons. The van der Waals surface area contributed by atoms with Gasteiger partial charge in [0.05, 0.1) is 11.2 Å². The molecule has 0 bridgehead atoms. The first-order valence-corrected chi connectivity index (χ1v) is 13.6. The quantitative estimate of drug-likeness (QED) is 0.471. The lowest BCUT2D eigenvalue weighted by Gasteiger charge is -2.39. The maximum absolute atomic E-state index is 15.1. The van der Waals surface area contributed by atoms with Crippen molar-refractivity contribution in [3.05, 3.63) is 24.3 Å². The summed E-state index contributed by atoms with van der Waals surface area (Å²) in [5, 5.41) is 1.07. The predicted molar refractivity (Wildman–Crippen MR) is 123 cm³/mol. The molecule has 29 heavy (non-hydrogen) atoms. The van der Waals surface area contributed by atoms with Gasteiger partial charge in [-0.05, 0) is 58.8 Å². The van der Waals surface area contributed by atoms with Crippen LogP contribution in [0.2, 0.25) is 0 Å². The van der Waals surface area contributed by atoms with Crippen molar-refractivity contribution in [1.29, 1.82) is 0 Å². The molecule has 1 aliphatic heterocycles. The van der Waals surface area contributed by atoms with E-state index in [-0.39, 0.29) is 11.2 Å². The summed E-state index contributed by atoms with van der Waals surface area (Å²) in [5.74, 6) is 0. The van der Waals surface area contributed by atoms with E-state index in [1.165, 1.54) is 38.5 Å². The molecule has 0 unspecified atom stereocenters. The minimum atomic E-state index is -2.56. The predicted octanol–water partition coefficient (Wildman–Crippen LogP) is 5.64. The van der Waals surface area contributed by atoms with E-state index in [4.69, 9.17) is 9.31 Å². The van der Waals surface area contributed by atoms with E-state index in [1.807, 2.05) is 0 Å². The number of benzene rings is 1. The minimum Gasteiger partial charge on any atom is -0.399 e. The Kier molecular flexibility index (Phi) is 6.10. The maximum Gasteiger partial charge on any atom is 0.495 e. The zero-order valence-electron chi connectivity index (χ0n) is 18.8. The molecule has 3 nitrogen and oxygen atoms in total. The molecule has 5 heteroatoms. The Morgan fingerprint density at radius 2 is 1.24 bits per heavy atom. The van der Waals surface area contributed by atoms with Crippen LogP contribution in [0.25, 0.3) is 0 Å². The molecule has 3 fully saturated rings. The Morgan fingerprint density at radius 3 is 1.72 bits per heavy atom. The van der Waals surface area contributed by atoms with Crippen LogP contribution in [0.5, 0.6) is 0 Å². The van der Waals surface area contributed by atoms with Crippen molar-refractivity contribution in [1.82, 2.24) is 0 Å². The SMILES string of the molecule is CC1(C)OB(c2ccccc2P(=O)(C2CCCCC2)C2CCCCC2)OC1(C)C. The highest BCUT2D eigenvalue weighted by Gasteiger charge is 2.54. The normalized spacial score (nSPS) is 26.0. The van der Waals surface area contributed by atoms with E-state index >= 15 is 4.57 Å². The van der Waals surface area contributed by atoms with Crippen molar-refractivity contribution in [3.63, 3.8) is 0 Å². The highest BCUT2D eigenvalue weighted by Crippen LogP contribution is 2.61. The third-order valence-corrected chi connectivity index (χ3v) is 12.4. The smallest absolute Gasteiger partial charge is 0.399 e. The third kappa shape index (κ3) is 3.90. The van der Waals surface area contributed by atoms with Gasteiger partial charge in [0.15, 0.2) is 0 Å². The molecule has 0 spiro atoms. The molecule has 0 N–H and O–H groups in total. The van der Waals surface area contributed by atoms with Gasteiger partial charge in [0.25, 0.3) is 0 Å². The zero-order chi connectivity index (χ0) is 20.7. The minimum absolute atomic E-state index is 0.336. The van der Waals surface area contributed by atoms with Gasteiger partial charge in [-0.15, -0.1) is 0 Å². The van der Waals surface area contributed by atoms with Crippen molar-refractivity contribution in [3.8, 4) is 0 Å². The number of rotatable bonds is 4. The molecule has 0 aromatic heterocycles. The van der Waals surface area contributed by atoms with Crippen LogP contribution in [-0.4, -0.2) is 29.6 Å². The summed E-state index contributed by atoms with van der Waals surface area (Å²) in [6.45, 7) is 8.38. The fourth-order valence-corrected chi connectivity index (χ4v) is 10.1. The Hall–Kier alpha value is -0.565. The van der Waals surface area contributed by atoms with Gasteiger partial charge in [0.1, 0.15) is 7.14 Å². The molecule has 4 rings (SSSR count). The number of hydrogen-bond donors (Lipinski definition) is 0. The molecule has 3 aliphatic rings. The summed E-state index contributed by atoms with van der Waals surface area (Å²) in [5.41, 5.74) is 0.922. The van der Waals surface area contributed by atoms with E-state index in [9.17, 15) is 0 Å². The lowest BCUT2D eigenvalue weighted by molar-refractivity contribution is 0.00578. The van der Waals surface area contributed by atoms with Crippen LogP contribution in [0.1, 0.15) is 91.9 Å². The summed E-state index contributed by atoms with van der Waals surface area (Å²) < 4.78 is 27.9. The Balaban J connectivity index is 1.77. The average molecular weight is 416 g/mol. The molecule has 1 saturated heterocycles. The Bertz CT molecular complexity index is 725. The molecule has 0 atom stereocenters. The van der Waals surface area contributed by atoms with Crippen molar-refractivity contribution < 1.29 is 13.9 Å². The van der Waals surface area contributed by atoms with Gasteiger partial charge in [-0.2, -0.15) is 0 Å². The lowest BCUT2D eigenvalue weighted by Crippen LogP contribution is -2.46. The van der Waals surface area contributed by atoms with Gasteiger partial charge < -0.3 is 13.9 Å². The first-order valence-electron chi connectivity index (χ1n) is 11.8. The second kappa shape index (κ2) is 8.17.